The van der Waals surface area contributed by atoms with Crippen LogP contribution in [0.15, 0.2) is 12.3 Å². The first-order valence-corrected chi connectivity index (χ1v) is 7.65. The van der Waals surface area contributed by atoms with Gasteiger partial charge in [-0.25, -0.2) is 0 Å². The van der Waals surface area contributed by atoms with Crippen molar-refractivity contribution in [3.05, 3.63) is 23.5 Å². The van der Waals surface area contributed by atoms with Gasteiger partial charge in [-0.3, -0.25) is 0 Å². The van der Waals surface area contributed by atoms with Crippen LogP contribution in [-0.4, -0.2) is 9.67 Å². The van der Waals surface area contributed by atoms with E-state index in [1.54, 1.807) is 0 Å². The molecule has 0 spiro atoms. The van der Waals surface area contributed by atoms with Crippen molar-refractivity contribution in [2.45, 2.75) is 77.4 Å². The Kier molecular flexibility index (Phi) is 4.87. The molecule has 2 unspecified atom stereocenters. The molecule has 18 heavy (non-hydrogen) atoms. The molecule has 0 aliphatic heterocycles. The van der Waals surface area contributed by atoms with Crippen LogP contribution in [0, 0.1) is 0 Å². The maximum atomic E-state index is 10.0. The molecule has 0 saturated carbocycles. The Morgan fingerprint density at radius 1 is 1.33 bits per heavy atom. The Morgan fingerprint density at radius 2 is 2.17 bits per heavy atom. The minimum atomic E-state index is -0.219. The summed E-state index contributed by atoms with van der Waals surface area (Å²) >= 11 is 0. The molecule has 102 valence electrons. The summed E-state index contributed by atoms with van der Waals surface area (Å²) in [6, 6.07) is 2.79. The van der Waals surface area contributed by atoms with Crippen LogP contribution in [0.2, 0.25) is 0 Å². The normalized spacial score (nSPS) is 20.7. The van der Waals surface area contributed by atoms with E-state index in [0.717, 1.165) is 19.3 Å². The summed E-state index contributed by atoms with van der Waals surface area (Å²) in [6.45, 7) is 4.53. The SMILES string of the molecule is CCCCC(CCC)n1ccc2c1CCCC2O. The van der Waals surface area contributed by atoms with Crippen LogP contribution in [0.5, 0.6) is 0 Å². The molecule has 0 bridgehead atoms. The fourth-order valence-electron chi connectivity index (χ4n) is 3.23. The molecule has 1 heterocycles. The van der Waals surface area contributed by atoms with E-state index in [4.69, 9.17) is 0 Å². The molecule has 1 aromatic rings. The van der Waals surface area contributed by atoms with Gasteiger partial charge >= 0.3 is 0 Å². The van der Waals surface area contributed by atoms with E-state index in [9.17, 15) is 5.11 Å². The smallest absolute Gasteiger partial charge is 0.0807 e. The lowest BCUT2D eigenvalue weighted by molar-refractivity contribution is 0.155. The number of aromatic nitrogens is 1. The second-order valence-electron chi connectivity index (χ2n) is 5.62. The van der Waals surface area contributed by atoms with E-state index in [-0.39, 0.29) is 6.10 Å². The largest absolute Gasteiger partial charge is 0.388 e. The molecule has 0 saturated heterocycles. The van der Waals surface area contributed by atoms with Crippen molar-refractivity contribution in [1.29, 1.82) is 0 Å². The van der Waals surface area contributed by atoms with Gasteiger partial charge in [-0.1, -0.05) is 33.1 Å². The van der Waals surface area contributed by atoms with Gasteiger partial charge < -0.3 is 9.67 Å². The fourth-order valence-corrected chi connectivity index (χ4v) is 3.23. The van der Waals surface area contributed by atoms with Crippen LogP contribution in [0.25, 0.3) is 0 Å². The van der Waals surface area contributed by atoms with E-state index in [0.29, 0.717) is 6.04 Å². The van der Waals surface area contributed by atoms with Crippen molar-refractivity contribution in [3.63, 3.8) is 0 Å². The summed E-state index contributed by atoms with van der Waals surface area (Å²) in [4.78, 5) is 0. The van der Waals surface area contributed by atoms with Crippen LogP contribution < -0.4 is 0 Å². The first-order chi connectivity index (χ1) is 8.77. The molecular formula is C16H27NO. The zero-order valence-electron chi connectivity index (χ0n) is 11.9. The zero-order valence-corrected chi connectivity index (χ0v) is 11.9. The highest BCUT2D eigenvalue weighted by molar-refractivity contribution is 5.27. The van der Waals surface area contributed by atoms with E-state index < -0.39 is 0 Å². The number of rotatable bonds is 6. The van der Waals surface area contributed by atoms with Gasteiger partial charge in [-0.2, -0.15) is 0 Å². The lowest BCUT2D eigenvalue weighted by atomic mass is 9.94. The minimum Gasteiger partial charge on any atom is -0.388 e. The van der Waals surface area contributed by atoms with Crippen molar-refractivity contribution in [1.82, 2.24) is 4.57 Å². The lowest BCUT2D eigenvalue weighted by Gasteiger charge is -2.25. The van der Waals surface area contributed by atoms with Gasteiger partial charge in [0.1, 0.15) is 0 Å². The minimum absolute atomic E-state index is 0.219. The van der Waals surface area contributed by atoms with Gasteiger partial charge in [0, 0.05) is 23.5 Å². The third-order valence-corrected chi connectivity index (χ3v) is 4.22. The lowest BCUT2D eigenvalue weighted by Crippen LogP contribution is -2.16. The maximum absolute atomic E-state index is 10.0. The van der Waals surface area contributed by atoms with E-state index in [1.165, 1.54) is 43.4 Å². The molecule has 1 N–H and O–H groups in total. The zero-order chi connectivity index (χ0) is 13.0. The molecule has 2 atom stereocenters. The van der Waals surface area contributed by atoms with Gasteiger partial charge in [0.15, 0.2) is 0 Å². The predicted octanol–water partition coefficient (Wildman–Crippen LogP) is 4.39. The third-order valence-electron chi connectivity index (χ3n) is 4.22. The summed E-state index contributed by atoms with van der Waals surface area (Å²) in [6.07, 6.45) is 11.6. The standard InChI is InChI=1S/C16H27NO/c1-3-5-8-13(7-4-2)17-12-11-14-15(17)9-6-10-16(14)18/h11-13,16,18H,3-10H2,1-2H3. The predicted molar refractivity (Wildman–Crippen MR) is 75.8 cm³/mol. The first-order valence-electron chi connectivity index (χ1n) is 7.65. The van der Waals surface area contributed by atoms with Gasteiger partial charge in [-0.05, 0) is 38.2 Å². The molecule has 2 heteroatoms. The van der Waals surface area contributed by atoms with Crippen LogP contribution in [0.3, 0.4) is 0 Å². The highest BCUT2D eigenvalue weighted by atomic mass is 16.3. The van der Waals surface area contributed by atoms with Crippen molar-refractivity contribution < 1.29 is 5.11 Å². The average Bonchev–Trinajstić information content (AvgIpc) is 2.80. The number of fused-ring (bicyclic) bond motifs is 1. The highest BCUT2D eigenvalue weighted by Gasteiger charge is 2.23. The summed E-state index contributed by atoms with van der Waals surface area (Å²) < 4.78 is 2.47. The molecule has 0 amide bonds. The molecule has 0 radical (unpaired) electrons. The molecular weight excluding hydrogens is 222 g/mol. The Labute approximate surface area is 111 Å². The number of aliphatic hydroxyl groups excluding tert-OH is 1. The Balaban J connectivity index is 2.19. The quantitative estimate of drug-likeness (QED) is 0.794. The van der Waals surface area contributed by atoms with E-state index >= 15 is 0 Å². The Morgan fingerprint density at radius 3 is 2.89 bits per heavy atom. The summed E-state index contributed by atoms with van der Waals surface area (Å²) in [5.74, 6) is 0. The molecule has 0 fully saturated rings. The number of nitrogens with zero attached hydrogens (tertiary/aromatic N) is 1. The molecule has 1 aliphatic rings. The monoisotopic (exact) mass is 249 g/mol. The summed E-state index contributed by atoms with van der Waals surface area (Å²) in [7, 11) is 0. The van der Waals surface area contributed by atoms with Gasteiger partial charge in [-0.15, -0.1) is 0 Å². The molecule has 2 nitrogen and oxygen atoms in total. The maximum Gasteiger partial charge on any atom is 0.0807 e. The molecule has 1 aromatic heterocycles. The molecule has 1 aliphatic carbocycles. The first kappa shape index (κ1) is 13.7. The van der Waals surface area contributed by atoms with Gasteiger partial charge in [0.2, 0.25) is 0 Å². The fraction of sp³-hybridized carbons (Fsp3) is 0.750. The van der Waals surface area contributed by atoms with Crippen LogP contribution in [-0.2, 0) is 6.42 Å². The van der Waals surface area contributed by atoms with Crippen LogP contribution in [0.4, 0.5) is 0 Å². The van der Waals surface area contributed by atoms with E-state index in [1.807, 2.05) is 0 Å². The number of hydrogen-bond acceptors (Lipinski definition) is 1. The summed E-state index contributed by atoms with van der Waals surface area (Å²) in [5, 5.41) is 10.0. The highest BCUT2D eigenvalue weighted by Crippen LogP contribution is 2.34. The second-order valence-corrected chi connectivity index (χ2v) is 5.62. The number of hydrogen-bond donors (Lipinski definition) is 1. The van der Waals surface area contributed by atoms with Crippen molar-refractivity contribution >= 4 is 0 Å². The Hall–Kier alpha value is -0.760. The molecule has 0 aromatic carbocycles. The van der Waals surface area contributed by atoms with Gasteiger partial charge in [0.25, 0.3) is 0 Å². The van der Waals surface area contributed by atoms with Crippen molar-refractivity contribution in [2.24, 2.45) is 0 Å². The Bertz CT molecular complexity index is 369. The van der Waals surface area contributed by atoms with Crippen LogP contribution in [0.1, 0.15) is 82.2 Å². The van der Waals surface area contributed by atoms with Crippen molar-refractivity contribution in [2.75, 3.05) is 0 Å². The van der Waals surface area contributed by atoms with Gasteiger partial charge in [0.05, 0.1) is 6.10 Å². The van der Waals surface area contributed by atoms with Crippen molar-refractivity contribution in [3.8, 4) is 0 Å². The number of aliphatic hydroxyl groups is 1. The van der Waals surface area contributed by atoms with Crippen LogP contribution >= 0.6 is 0 Å². The topological polar surface area (TPSA) is 25.2 Å². The summed E-state index contributed by atoms with van der Waals surface area (Å²) in [5.41, 5.74) is 2.60. The van der Waals surface area contributed by atoms with E-state index in [2.05, 4.69) is 30.7 Å². The molecule has 2 rings (SSSR count). The number of unbranched alkanes of at least 4 members (excludes halogenated alkanes) is 1. The second kappa shape index (κ2) is 6.42. The third kappa shape index (κ3) is 2.80. The average molecular weight is 249 g/mol.